The third-order valence-corrected chi connectivity index (χ3v) is 4.77. The highest BCUT2D eigenvalue weighted by molar-refractivity contribution is 6.45. The van der Waals surface area contributed by atoms with Gasteiger partial charge in [0, 0.05) is 12.2 Å². The molecule has 2 aromatic rings. The first-order valence-corrected chi connectivity index (χ1v) is 9.86. The van der Waals surface area contributed by atoms with Crippen molar-refractivity contribution in [3.63, 3.8) is 0 Å². The maximum Gasteiger partial charge on any atom is 0.334 e. The van der Waals surface area contributed by atoms with Gasteiger partial charge < -0.3 is 4.90 Å². The first-order valence-electron chi connectivity index (χ1n) is 9.86. The summed E-state index contributed by atoms with van der Waals surface area (Å²) in [6.07, 6.45) is 0. The Labute approximate surface area is 175 Å². The van der Waals surface area contributed by atoms with Crippen molar-refractivity contribution >= 4 is 29.4 Å². The first-order chi connectivity index (χ1) is 14.3. The van der Waals surface area contributed by atoms with Crippen LogP contribution in [0.3, 0.4) is 0 Å². The standard InChI is InChI=1S/C23H25N3O4/c1-16(2)13-25-21(28)22(29)26(23(25)30)15-20(27)24(14-18-9-5-4-6-10-18)19-11-7-8-17(3)12-19/h4-12,16H,13-15H2,1-3H3. The predicted molar refractivity (Wildman–Crippen MR) is 112 cm³/mol. The predicted octanol–water partition coefficient (Wildman–Crippen LogP) is 2.98. The molecule has 0 unspecified atom stereocenters. The summed E-state index contributed by atoms with van der Waals surface area (Å²) in [5, 5.41) is 0. The van der Waals surface area contributed by atoms with Gasteiger partial charge in [-0.15, -0.1) is 0 Å². The van der Waals surface area contributed by atoms with E-state index < -0.39 is 30.3 Å². The van der Waals surface area contributed by atoms with E-state index in [-0.39, 0.29) is 19.0 Å². The minimum absolute atomic E-state index is 0.0169. The summed E-state index contributed by atoms with van der Waals surface area (Å²) in [4.78, 5) is 53.5. The van der Waals surface area contributed by atoms with Gasteiger partial charge >= 0.3 is 17.8 Å². The Morgan fingerprint density at radius 2 is 1.60 bits per heavy atom. The molecule has 0 aromatic heterocycles. The van der Waals surface area contributed by atoms with Crippen LogP contribution >= 0.6 is 0 Å². The normalized spacial score (nSPS) is 14.1. The summed E-state index contributed by atoms with van der Waals surface area (Å²) in [6.45, 7) is 5.54. The van der Waals surface area contributed by atoms with E-state index in [1.807, 2.05) is 69.3 Å². The lowest BCUT2D eigenvalue weighted by atomic mass is 10.1. The van der Waals surface area contributed by atoms with Gasteiger partial charge in [-0.1, -0.05) is 56.3 Å². The molecular formula is C23H25N3O4. The van der Waals surface area contributed by atoms with Crippen molar-refractivity contribution in [2.24, 2.45) is 5.92 Å². The highest BCUT2D eigenvalue weighted by atomic mass is 16.2. The van der Waals surface area contributed by atoms with Crippen LogP contribution in [0.5, 0.6) is 0 Å². The lowest BCUT2D eigenvalue weighted by molar-refractivity contribution is -0.144. The van der Waals surface area contributed by atoms with Crippen LogP contribution in [0.2, 0.25) is 0 Å². The van der Waals surface area contributed by atoms with Crippen LogP contribution in [0.15, 0.2) is 54.6 Å². The van der Waals surface area contributed by atoms with Crippen LogP contribution in [0.4, 0.5) is 10.5 Å². The second-order valence-electron chi connectivity index (χ2n) is 7.79. The molecule has 156 valence electrons. The number of benzene rings is 2. The van der Waals surface area contributed by atoms with E-state index in [2.05, 4.69) is 0 Å². The number of aryl methyl sites for hydroxylation is 1. The maximum atomic E-state index is 13.2. The van der Waals surface area contributed by atoms with Crippen molar-refractivity contribution in [3.8, 4) is 0 Å². The van der Waals surface area contributed by atoms with E-state index in [1.165, 1.54) is 4.90 Å². The Hall–Kier alpha value is -3.48. The van der Waals surface area contributed by atoms with E-state index in [1.54, 1.807) is 6.07 Å². The lowest BCUT2D eigenvalue weighted by Gasteiger charge is -2.25. The zero-order valence-corrected chi connectivity index (χ0v) is 17.4. The molecule has 1 saturated heterocycles. The average molecular weight is 407 g/mol. The average Bonchev–Trinajstić information content (AvgIpc) is 2.90. The fourth-order valence-corrected chi connectivity index (χ4v) is 3.32. The molecule has 1 aliphatic heterocycles. The number of nitrogens with zero attached hydrogens (tertiary/aromatic N) is 3. The molecule has 0 aliphatic carbocycles. The molecule has 0 spiro atoms. The smallest absolute Gasteiger partial charge is 0.306 e. The van der Waals surface area contributed by atoms with Gasteiger partial charge in [-0.2, -0.15) is 0 Å². The quantitative estimate of drug-likeness (QED) is 0.522. The van der Waals surface area contributed by atoms with E-state index in [4.69, 9.17) is 0 Å². The van der Waals surface area contributed by atoms with Gasteiger partial charge in [0.15, 0.2) is 0 Å². The Bertz CT molecular complexity index is 971. The highest BCUT2D eigenvalue weighted by Gasteiger charge is 2.45. The fraction of sp³-hybridized carbons (Fsp3) is 0.304. The molecule has 0 N–H and O–H groups in total. The van der Waals surface area contributed by atoms with Crippen molar-refractivity contribution in [3.05, 3.63) is 65.7 Å². The number of urea groups is 1. The number of carbonyl (C=O) groups excluding carboxylic acids is 4. The number of anilines is 1. The number of imide groups is 2. The molecule has 0 saturated carbocycles. The van der Waals surface area contributed by atoms with Crippen molar-refractivity contribution < 1.29 is 19.2 Å². The molecule has 5 amide bonds. The summed E-state index contributed by atoms with van der Waals surface area (Å²) in [5.74, 6) is -2.27. The second kappa shape index (κ2) is 8.90. The van der Waals surface area contributed by atoms with Gasteiger partial charge in [-0.05, 0) is 36.1 Å². The summed E-state index contributed by atoms with van der Waals surface area (Å²) in [6, 6.07) is 16.1. The number of hydrogen-bond donors (Lipinski definition) is 0. The lowest BCUT2D eigenvalue weighted by Crippen LogP contribution is -2.43. The molecule has 3 rings (SSSR count). The third-order valence-electron chi connectivity index (χ3n) is 4.77. The first kappa shape index (κ1) is 21.2. The maximum absolute atomic E-state index is 13.2. The second-order valence-corrected chi connectivity index (χ2v) is 7.79. The third kappa shape index (κ3) is 4.56. The van der Waals surface area contributed by atoms with Crippen LogP contribution in [0.1, 0.15) is 25.0 Å². The molecule has 30 heavy (non-hydrogen) atoms. The summed E-state index contributed by atoms with van der Waals surface area (Å²) in [7, 11) is 0. The molecule has 7 nitrogen and oxygen atoms in total. The van der Waals surface area contributed by atoms with E-state index >= 15 is 0 Å². The molecule has 0 radical (unpaired) electrons. The van der Waals surface area contributed by atoms with Crippen molar-refractivity contribution in [2.75, 3.05) is 18.0 Å². The zero-order valence-electron chi connectivity index (χ0n) is 17.4. The van der Waals surface area contributed by atoms with Gasteiger partial charge in [0.2, 0.25) is 5.91 Å². The van der Waals surface area contributed by atoms with Crippen molar-refractivity contribution in [2.45, 2.75) is 27.3 Å². The van der Waals surface area contributed by atoms with Crippen LogP contribution < -0.4 is 4.90 Å². The molecule has 2 aromatic carbocycles. The Morgan fingerprint density at radius 3 is 2.23 bits per heavy atom. The molecular weight excluding hydrogens is 382 g/mol. The molecule has 7 heteroatoms. The van der Waals surface area contributed by atoms with Gasteiger partial charge in [0.1, 0.15) is 6.54 Å². The minimum Gasteiger partial charge on any atom is -0.306 e. The Kier molecular flexibility index (Phi) is 6.30. The van der Waals surface area contributed by atoms with Crippen LogP contribution in [-0.2, 0) is 20.9 Å². The topological polar surface area (TPSA) is 78.0 Å². The van der Waals surface area contributed by atoms with Crippen LogP contribution in [0, 0.1) is 12.8 Å². The van der Waals surface area contributed by atoms with E-state index in [9.17, 15) is 19.2 Å². The fourth-order valence-electron chi connectivity index (χ4n) is 3.32. The Balaban J connectivity index is 1.85. The van der Waals surface area contributed by atoms with E-state index in [0.29, 0.717) is 5.69 Å². The largest absolute Gasteiger partial charge is 0.334 e. The van der Waals surface area contributed by atoms with Crippen LogP contribution in [0.25, 0.3) is 0 Å². The SMILES string of the molecule is Cc1cccc(N(Cc2ccccc2)C(=O)CN2C(=O)C(=O)N(CC(C)C)C2=O)c1. The number of hydrogen-bond acceptors (Lipinski definition) is 4. The van der Waals surface area contributed by atoms with Crippen molar-refractivity contribution in [1.82, 2.24) is 9.80 Å². The molecule has 1 fully saturated rings. The Morgan fingerprint density at radius 1 is 0.933 bits per heavy atom. The van der Waals surface area contributed by atoms with Gasteiger partial charge in [-0.25, -0.2) is 9.69 Å². The van der Waals surface area contributed by atoms with Gasteiger partial charge in [0.25, 0.3) is 0 Å². The number of carbonyl (C=O) groups is 4. The highest BCUT2D eigenvalue weighted by Crippen LogP contribution is 2.21. The molecule has 1 heterocycles. The van der Waals surface area contributed by atoms with Crippen LogP contribution in [-0.4, -0.2) is 46.6 Å². The molecule has 1 aliphatic rings. The summed E-state index contributed by atoms with van der Waals surface area (Å²) < 4.78 is 0. The van der Waals surface area contributed by atoms with Gasteiger partial charge in [-0.3, -0.25) is 19.3 Å². The van der Waals surface area contributed by atoms with Crippen molar-refractivity contribution in [1.29, 1.82) is 0 Å². The molecule has 0 bridgehead atoms. The number of rotatable bonds is 7. The minimum atomic E-state index is -0.960. The monoisotopic (exact) mass is 407 g/mol. The number of amides is 5. The zero-order chi connectivity index (χ0) is 21.8. The van der Waals surface area contributed by atoms with Gasteiger partial charge in [0.05, 0.1) is 6.54 Å². The summed E-state index contributed by atoms with van der Waals surface area (Å²) >= 11 is 0. The van der Waals surface area contributed by atoms with E-state index in [0.717, 1.165) is 20.9 Å². The molecule has 0 atom stereocenters. The summed E-state index contributed by atoms with van der Waals surface area (Å²) in [5.41, 5.74) is 2.54.